The van der Waals surface area contributed by atoms with E-state index in [0.717, 1.165) is 25.7 Å². The highest BCUT2D eigenvalue weighted by molar-refractivity contribution is 5.88. The maximum absolute atomic E-state index is 14.2. The largest absolute Gasteiger partial charge is 0.481 e. The summed E-state index contributed by atoms with van der Waals surface area (Å²) in [4.78, 5) is 26.9. The Morgan fingerprint density at radius 2 is 1.70 bits per heavy atom. The molecule has 0 saturated heterocycles. The number of rotatable bonds is 8. The predicted octanol–water partition coefficient (Wildman–Crippen LogP) is 3.82. The molecule has 1 unspecified atom stereocenters. The molecule has 1 fully saturated rings. The fourth-order valence-electron chi connectivity index (χ4n) is 3.57. The van der Waals surface area contributed by atoms with Crippen LogP contribution in [0.25, 0.3) is 0 Å². The first-order chi connectivity index (χ1) is 14.5. The topological polar surface area (TPSA) is 58.6 Å². The highest BCUT2D eigenvalue weighted by atomic mass is 19.1. The highest BCUT2D eigenvalue weighted by Gasteiger charge is 2.29. The maximum Gasteiger partial charge on any atom is 0.261 e. The van der Waals surface area contributed by atoms with E-state index in [4.69, 9.17) is 4.74 Å². The molecule has 0 heterocycles. The minimum atomic E-state index is -0.832. The summed E-state index contributed by atoms with van der Waals surface area (Å²) in [6.07, 6.45) is 3.95. The third kappa shape index (κ3) is 5.55. The molecule has 3 rings (SSSR count). The van der Waals surface area contributed by atoms with E-state index in [1.807, 2.05) is 0 Å². The zero-order valence-electron chi connectivity index (χ0n) is 16.9. The van der Waals surface area contributed by atoms with Gasteiger partial charge in [-0.25, -0.2) is 8.78 Å². The number of halogens is 2. The Balaban J connectivity index is 1.73. The lowest BCUT2D eigenvalue weighted by molar-refractivity contribution is -0.142. The maximum atomic E-state index is 14.2. The molecule has 1 saturated carbocycles. The van der Waals surface area contributed by atoms with Gasteiger partial charge in [0, 0.05) is 18.2 Å². The van der Waals surface area contributed by atoms with Gasteiger partial charge in [-0.05, 0) is 38.0 Å². The summed E-state index contributed by atoms with van der Waals surface area (Å²) < 4.78 is 33.3. The molecule has 30 heavy (non-hydrogen) atoms. The quantitative estimate of drug-likeness (QED) is 0.712. The molecule has 0 bridgehead atoms. The Hall–Kier alpha value is -2.96. The van der Waals surface area contributed by atoms with Crippen LogP contribution in [0.3, 0.4) is 0 Å². The molecule has 160 valence electrons. The molecule has 0 aromatic heterocycles. The van der Waals surface area contributed by atoms with Crippen molar-refractivity contribution < 1.29 is 23.1 Å². The molecule has 1 aliphatic carbocycles. The lowest BCUT2D eigenvalue weighted by Gasteiger charge is -2.29. The van der Waals surface area contributed by atoms with E-state index in [1.165, 1.54) is 29.2 Å². The number of carbonyl (C=O) groups is 2. The van der Waals surface area contributed by atoms with Crippen molar-refractivity contribution in [2.45, 2.75) is 51.2 Å². The molecule has 2 aromatic rings. The standard InChI is InChI=1S/C23H26F2N2O3/c1-16(23(29)26-18-9-3-4-10-18)27(14-17-8-2-5-11-19(17)24)22(28)15-30-21-13-7-6-12-20(21)25/h2,5-8,11-13,16,18H,3-4,9-10,14-15H2,1H3,(H,26,29). The zero-order chi connectivity index (χ0) is 21.5. The number of nitrogens with one attached hydrogen (secondary N) is 1. The van der Waals surface area contributed by atoms with Gasteiger partial charge < -0.3 is 15.0 Å². The minimum absolute atomic E-state index is 0.0558. The number of ether oxygens (including phenoxy) is 1. The van der Waals surface area contributed by atoms with Crippen LogP contribution in [0.4, 0.5) is 8.78 Å². The Morgan fingerprint density at radius 3 is 2.37 bits per heavy atom. The molecule has 0 aliphatic heterocycles. The van der Waals surface area contributed by atoms with E-state index in [0.29, 0.717) is 0 Å². The van der Waals surface area contributed by atoms with Gasteiger partial charge in [-0.2, -0.15) is 0 Å². The van der Waals surface area contributed by atoms with Crippen LogP contribution in [-0.2, 0) is 16.1 Å². The summed E-state index contributed by atoms with van der Waals surface area (Å²) in [5.41, 5.74) is 0.289. The number of amides is 2. The van der Waals surface area contributed by atoms with Crippen molar-refractivity contribution in [1.29, 1.82) is 0 Å². The average Bonchev–Trinajstić information content (AvgIpc) is 3.25. The Bertz CT molecular complexity index is 884. The average molecular weight is 416 g/mol. The van der Waals surface area contributed by atoms with Crippen LogP contribution in [-0.4, -0.2) is 35.4 Å². The van der Waals surface area contributed by atoms with E-state index < -0.39 is 30.2 Å². The normalized spacial score (nSPS) is 14.9. The van der Waals surface area contributed by atoms with Crippen LogP contribution < -0.4 is 10.1 Å². The third-order valence-corrected chi connectivity index (χ3v) is 5.36. The molecule has 2 amide bonds. The summed E-state index contributed by atoms with van der Waals surface area (Å²) >= 11 is 0. The van der Waals surface area contributed by atoms with E-state index >= 15 is 0 Å². The molecule has 1 N–H and O–H groups in total. The van der Waals surface area contributed by atoms with Crippen LogP contribution in [0.5, 0.6) is 5.75 Å². The van der Waals surface area contributed by atoms with Crippen LogP contribution in [0.15, 0.2) is 48.5 Å². The molecule has 1 atom stereocenters. The Kier molecular flexibility index (Phi) is 7.38. The van der Waals surface area contributed by atoms with Crippen LogP contribution in [0, 0.1) is 11.6 Å². The zero-order valence-corrected chi connectivity index (χ0v) is 16.9. The number of hydrogen-bond donors (Lipinski definition) is 1. The van der Waals surface area contributed by atoms with Crippen molar-refractivity contribution in [2.75, 3.05) is 6.61 Å². The summed E-state index contributed by atoms with van der Waals surface area (Å²) in [5, 5.41) is 2.97. The van der Waals surface area contributed by atoms with Gasteiger partial charge in [0.05, 0.1) is 0 Å². The molecule has 2 aromatic carbocycles. The third-order valence-electron chi connectivity index (χ3n) is 5.36. The van der Waals surface area contributed by atoms with Crippen molar-refractivity contribution in [1.82, 2.24) is 10.2 Å². The Morgan fingerprint density at radius 1 is 1.07 bits per heavy atom. The van der Waals surface area contributed by atoms with Crippen molar-refractivity contribution in [2.24, 2.45) is 0 Å². The SMILES string of the molecule is CC(C(=O)NC1CCCC1)N(Cc1ccccc1F)C(=O)COc1ccccc1F. The highest BCUT2D eigenvalue weighted by Crippen LogP contribution is 2.20. The summed E-state index contributed by atoms with van der Waals surface area (Å²) in [5.74, 6) is -1.93. The molecular weight excluding hydrogens is 390 g/mol. The fourth-order valence-corrected chi connectivity index (χ4v) is 3.57. The smallest absolute Gasteiger partial charge is 0.261 e. The summed E-state index contributed by atoms with van der Waals surface area (Å²) in [6, 6.07) is 11.1. The molecule has 5 nitrogen and oxygen atoms in total. The number of carbonyl (C=O) groups excluding carboxylic acids is 2. The predicted molar refractivity (Wildman–Crippen MR) is 109 cm³/mol. The van der Waals surface area contributed by atoms with Gasteiger partial charge in [-0.15, -0.1) is 0 Å². The first-order valence-corrected chi connectivity index (χ1v) is 10.2. The Labute approximate surface area is 175 Å². The first-order valence-electron chi connectivity index (χ1n) is 10.2. The number of nitrogens with zero attached hydrogens (tertiary/aromatic N) is 1. The molecule has 0 radical (unpaired) electrons. The second kappa shape index (κ2) is 10.2. The van der Waals surface area contributed by atoms with E-state index in [-0.39, 0.29) is 29.8 Å². The molecule has 1 aliphatic rings. The number of para-hydroxylation sites is 1. The van der Waals surface area contributed by atoms with Crippen LogP contribution in [0.2, 0.25) is 0 Å². The van der Waals surface area contributed by atoms with Crippen LogP contribution >= 0.6 is 0 Å². The van der Waals surface area contributed by atoms with Crippen molar-refractivity contribution in [3.63, 3.8) is 0 Å². The second-order valence-corrected chi connectivity index (χ2v) is 7.50. The van der Waals surface area contributed by atoms with E-state index in [2.05, 4.69) is 5.32 Å². The summed E-state index contributed by atoms with van der Waals surface area (Å²) in [7, 11) is 0. The monoisotopic (exact) mass is 416 g/mol. The minimum Gasteiger partial charge on any atom is -0.481 e. The molecular formula is C23H26F2N2O3. The molecule has 0 spiro atoms. The fraction of sp³-hybridized carbons (Fsp3) is 0.391. The van der Waals surface area contributed by atoms with Crippen LogP contribution in [0.1, 0.15) is 38.2 Å². The first kappa shape index (κ1) is 21.7. The molecule has 7 heteroatoms. The number of benzene rings is 2. The van der Waals surface area contributed by atoms with Gasteiger partial charge in [0.15, 0.2) is 18.2 Å². The van der Waals surface area contributed by atoms with Gasteiger partial charge in [0.2, 0.25) is 5.91 Å². The van der Waals surface area contributed by atoms with E-state index in [1.54, 1.807) is 31.2 Å². The van der Waals surface area contributed by atoms with Gasteiger partial charge >= 0.3 is 0 Å². The second-order valence-electron chi connectivity index (χ2n) is 7.50. The van der Waals surface area contributed by atoms with E-state index in [9.17, 15) is 18.4 Å². The lowest BCUT2D eigenvalue weighted by Crippen LogP contribution is -2.50. The van der Waals surface area contributed by atoms with Crippen molar-refractivity contribution in [3.8, 4) is 5.75 Å². The van der Waals surface area contributed by atoms with Crippen molar-refractivity contribution in [3.05, 3.63) is 65.7 Å². The van der Waals surface area contributed by atoms with Gasteiger partial charge in [-0.1, -0.05) is 43.2 Å². The lowest BCUT2D eigenvalue weighted by atomic mass is 10.1. The van der Waals surface area contributed by atoms with Crippen molar-refractivity contribution >= 4 is 11.8 Å². The summed E-state index contributed by atoms with van der Waals surface area (Å²) in [6.45, 7) is 1.05. The number of hydrogen-bond acceptors (Lipinski definition) is 3. The van der Waals surface area contributed by atoms with Gasteiger partial charge in [0.25, 0.3) is 5.91 Å². The van der Waals surface area contributed by atoms with Gasteiger partial charge in [-0.3, -0.25) is 9.59 Å². The van der Waals surface area contributed by atoms with Gasteiger partial charge in [0.1, 0.15) is 11.9 Å².